The molecule has 0 heterocycles. The van der Waals surface area contributed by atoms with E-state index in [-0.39, 0.29) is 12.5 Å². The van der Waals surface area contributed by atoms with Crippen LogP contribution in [-0.4, -0.2) is 30.3 Å². The Morgan fingerprint density at radius 1 is 1.57 bits per heavy atom. The molecule has 1 aromatic rings. The molecular weight excluding hydrogens is 338 g/mol. The van der Waals surface area contributed by atoms with Gasteiger partial charge in [-0.3, -0.25) is 4.79 Å². The van der Waals surface area contributed by atoms with Gasteiger partial charge in [-0.15, -0.1) is 6.58 Å². The van der Waals surface area contributed by atoms with Crippen molar-refractivity contribution in [2.45, 2.75) is 26.6 Å². The summed E-state index contributed by atoms with van der Waals surface area (Å²) in [7, 11) is 0. The van der Waals surface area contributed by atoms with Gasteiger partial charge in [0, 0.05) is 6.54 Å². The van der Waals surface area contributed by atoms with Gasteiger partial charge in [0.15, 0.2) is 17.6 Å². The number of amides is 1. The fourth-order valence-corrected chi connectivity index (χ4v) is 2.22. The van der Waals surface area contributed by atoms with Gasteiger partial charge in [0.05, 0.1) is 17.7 Å². The van der Waals surface area contributed by atoms with Gasteiger partial charge in [0.1, 0.15) is 0 Å². The average molecular weight is 358 g/mol. The predicted molar refractivity (Wildman–Crippen MR) is 84.5 cm³/mol. The number of nitrogens with one attached hydrogen (secondary N) is 1. The third-order valence-electron chi connectivity index (χ3n) is 2.64. The number of benzene rings is 1. The van der Waals surface area contributed by atoms with Crippen LogP contribution in [0.5, 0.6) is 11.5 Å². The highest BCUT2D eigenvalue weighted by Gasteiger charge is 2.19. The molecule has 0 aliphatic rings. The molecule has 0 saturated heterocycles. The van der Waals surface area contributed by atoms with Crippen LogP contribution in [0.15, 0.2) is 29.3 Å². The lowest BCUT2D eigenvalue weighted by Gasteiger charge is -2.19. The number of carbonyl (C=O) groups excluding carboxylic acids is 1. The maximum Gasteiger partial charge on any atom is 0.261 e. The van der Waals surface area contributed by atoms with Crippen LogP contribution in [0.4, 0.5) is 0 Å². The second-order valence-electron chi connectivity index (χ2n) is 4.29. The van der Waals surface area contributed by atoms with Crippen molar-refractivity contribution in [1.29, 1.82) is 0 Å². The predicted octanol–water partition coefficient (Wildman–Crippen LogP) is 2.41. The summed E-state index contributed by atoms with van der Waals surface area (Å²) >= 11 is 3.38. The van der Waals surface area contributed by atoms with E-state index in [1.165, 1.54) is 0 Å². The molecule has 1 amide bonds. The van der Waals surface area contributed by atoms with Crippen LogP contribution in [-0.2, 0) is 11.4 Å². The molecule has 6 heteroatoms. The number of ether oxygens (including phenoxy) is 2. The second kappa shape index (κ2) is 8.69. The number of hydrogen-bond donors (Lipinski definition) is 2. The van der Waals surface area contributed by atoms with Gasteiger partial charge in [-0.05, 0) is 47.5 Å². The molecule has 0 fully saturated rings. The first-order valence-electron chi connectivity index (χ1n) is 6.64. The normalized spacial score (nSPS) is 11.6. The van der Waals surface area contributed by atoms with E-state index in [0.717, 1.165) is 0 Å². The first kappa shape index (κ1) is 17.5. The molecule has 21 heavy (non-hydrogen) atoms. The minimum atomic E-state index is -0.680. The minimum Gasteiger partial charge on any atom is -0.490 e. The monoisotopic (exact) mass is 357 g/mol. The maximum atomic E-state index is 11.8. The number of carbonyl (C=O) groups is 1. The molecule has 1 atom stereocenters. The lowest BCUT2D eigenvalue weighted by atomic mass is 10.2. The van der Waals surface area contributed by atoms with Gasteiger partial charge in [0.25, 0.3) is 5.91 Å². The third-order valence-corrected chi connectivity index (χ3v) is 3.23. The van der Waals surface area contributed by atoms with Crippen molar-refractivity contribution in [2.24, 2.45) is 0 Å². The molecular formula is C15H20BrNO4. The van der Waals surface area contributed by atoms with Crippen molar-refractivity contribution in [1.82, 2.24) is 5.32 Å². The van der Waals surface area contributed by atoms with Gasteiger partial charge in [-0.25, -0.2) is 0 Å². The summed E-state index contributed by atoms with van der Waals surface area (Å²) in [4.78, 5) is 11.8. The van der Waals surface area contributed by atoms with E-state index in [1.54, 1.807) is 25.1 Å². The van der Waals surface area contributed by atoms with Gasteiger partial charge < -0.3 is 19.9 Å². The number of aliphatic hydroxyl groups excluding tert-OH is 1. The van der Waals surface area contributed by atoms with E-state index < -0.39 is 6.10 Å². The molecule has 1 unspecified atom stereocenters. The van der Waals surface area contributed by atoms with Crippen LogP contribution >= 0.6 is 15.9 Å². The van der Waals surface area contributed by atoms with Crippen LogP contribution in [0.1, 0.15) is 19.4 Å². The van der Waals surface area contributed by atoms with E-state index in [9.17, 15) is 9.90 Å². The highest BCUT2D eigenvalue weighted by molar-refractivity contribution is 9.10. The SMILES string of the molecule is C=CCNC(=O)C(C)Oc1c(Br)cc(CO)cc1OCC. The lowest BCUT2D eigenvalue weighted by Crippen LogP contribution is -2.36. The van der Waals surface area contributed by atoms with Crippen molar-refractivity contribution >= 4 is 21.8 Å². The fourth-order valence-electron chi connectivity index (χ4n) is 1.64. The van der Waals surface area contributed by atoms with Crippen molar-refractivity contribution in [3.63, 3.8) is 0 Å². The molecule has 0 saturated carbocycles. The van der Waals surface area contributed by atoms with Crippen LogP contribution in [0, 0.1) is 0 Å². The molecule has 1 rings (SSSR count). The van der Waals surface area contributed by atoms with E-state index in [1.807, 2.05) is 6.92 Å². The number of aliphatic hydroxyl groups is 1. The highest BCUT2D eigenvalue weighted by atomic mass is 79.9. The summed E-state index contributed by atoms with van der Waals surface area (Å²) in [6, 6.07) is 3.42. The van der Waals surface area contributed by atoms with Crippen LogP contribution < -0.4 is 14.8 Å². The Morgan fingerprint density at radius 2 is 2.29 bits per heavy atom. The zero-order valence-corrected chi connectivity index (χ0v) is 13.8. The number of rotatable bonds is 8. The fraction of sp³-hybridized carbons (Fsp3) is 0.400. The first-order valence-corrected chi connectivity index (χ1v) is 7.44. The number of halogens is 1. The van der Waals surface area contributed by atoms with Gasteiger partial charge in [-0.2, -0.15) is 0 Å². The van der Waals surface area contributed by atoms with Gasteiger partial charge in [0.2, 0.25) is 0 Å². The van der Waals surface area contributed by atoms with Crippen LogP contribution in [0.25, 0.3) is 0 Å². The Kier molecular flexibility index (Phi) is 7.25. The Bertz CT molecular complexity index is 505. The Hall–Kier alpha value is -1.53. The summed E-state index contributed by atoms with van der Waals surface area (Å²) in [5.74, 6) is 0.685. The molecule has 5 nitrogen and oxygen atoms in total. The molecule has 116 valence electrons. The summed E-state index contributed by atoms with van der Waals surface area (Å²) in [6.45, 7) is 7.78. The third kappa shape index (κ3) is 5.06. The topological polar surface area (TPSA) is 67.8 Å². The Morgan fingerprint density at radius 3 is 2.86 bits per heavy atom. The maximum absolute atomic E-state index is 11.8. The number of hydrogen-bond acceptors (Lipinski definition) is 4. The Labute approximate surface area is 133 Å². The smallest absolute Gasteiger partial charge is 0.261 e. The minimum absolute atomic E-state index is 0.103. The highest BCUT2D eigenvalue weighted by Crippen LogP contribution is 2.37. The van der Waals surface area contributed by atoms with Gasteiger partial charge in [-0.1, -0.05) is 6.08 Å². The summed E-state index contributed by atoms with van der Waals surface area (Å²) < 4.78 is 11.8. The van der Waals surface area contributed by atoms with E-state index in [4.69, 9.17) is 9.47 Å². The zero-order valence-electron chi connectivity index (χ0n) is 12.2. The Balaban J connectivity index is 2.95. The molecule has 0 aliphatic carbocycles. The van der Waals surface area contributed by atoms with Crippen molar-refractivity contribution < 1.29 is 19.4 Å². The standard InChI is InChI=1S/C15H20BrNO4/c1-4-6-17-15(19)10(3)21-14-12(16)7-11(9-18)8-13(14)20-5-2/h4,7-8,10,18H,1,5-6,9H2,2-3H3,(H,17,19). The molecule has 0 spiro atoms. The molecule has 0 bridgehead atoms. The first-order chi connectivity index (χ1) is 10.0. The average Bonchev–Trinajstić information content (AvgIpc) is 2.47. The molecule has 0 radical (unpaired) electrons. The lowest BCUT2D eigenvalue weighted by molar-refractivity contribution is -0.127. The summed E-state index contributed by atoms with van der Waals surface area (Å²) in [5, 5.41) is 11.9. The second-order valence-corrected chi connectivity index (χ2v) is 5.14. The van der Waals surface area contributed by atoms with Crippen molar-refractivity contribution in [2.75, 3.05) is 13.2 Å². The zero-order chi connectivity index (χ0) is 15.8. The molecule has 1 aromatic carbocycles. The largest absolute Gasteiger partial charge is 0.490 e. The van der Waals surface area contributed by atoms with Gasteiger partial charge >= 0.3 is 0 Å². The van der Waals surface area contributed by atoms with Crippen LogP contribution in [0.3, 0.4) is 0 Å². The van der Waals surface area contributed by atoms with Crippen LogP contribution in [0.2, 0.25) is 0 Å². The van der Waals surface area contributed by atoms with Crippen molar-refractivity contribution in [3.05, 3.63) is 34.8 Å². The van der Waals surface area contributed by atoms with E-state index >= 15 is 0 Å². The van der Waals surface area contributed by atoms with E-state index in [2.05, 4.69) is 27.8 Å². The quantitative estimate of drug-likeness (QED) is 0.701. The molecule has 2 N–H and O–H groups in total. The van der Waals surface area contributed by atoms with E-state index in [0.29, 0.717) is 34.7 Å². The molecule has 0 aliphatic heterocycles. The summed E-state index contributed by atoms with van der Waals surface area (Å²) in [6.07, 6.45) is 0.919. The molecule has 0 aromatic heterocycles. The summed E-state index contributed by atoms with van der Waals surface area (Å²) in [5.41, 5.74) is 0.696. The van der Waals surface area contributed by atoms with Crippen molar-refractivity contribution in [3.8, 4) is 11.5 Å².